The predicted molar refractivity (Wildman–Crippen MR) is 104 cm³/mol. The van der Waals surface area contributed by atoms with Crippen LogP contribution in [-0.2, 0) is 0 Å². The van der Waals surface area contributed by atoms with Crippen molar-refractivity contribution in [1.29, 1.82) is 0 Å². The summed E-state index contributed by atoms with van der Waals surface area (Å²) in [6.45, 7) is 3.65. The number of ether oxygens (including phenoxy) is 1. The van der Waals surface area contributed by atoms with Crippen LogP contribution in [0.1, 0.15) is 5.56 Å². The van der Waals surface area contributed by atoms with Crippen LogP contribution in [-0.4, -0.2) is 44.5 Å². The van der Waals surface area contributed by atoms with Crippen LogP contribution in [0.15, 0.2) is 52.0 Å². The van der Waals surface area contributed by atoms with E-state index in [1.54, 1.807) is 7.11 Å². The lowest BCUT2D eigenvalue weighted by molar-refractivity contribution is 0.272. The van der Waals surface area contributed by atoms with Crippen LogP contribution in [0.4, 0.5) is 5.69 Å². The average Bonchev–Trinajstić information content (AvgIpc) is 2.61. The van der Waals surface area contributed by atoms with Crippen molar-refractivity contribution >= 4 is 39.4 Å². The van der Waals surface area contributed by atoms with E-state index in [2.05, 4.69) is 43.1 Å². The van der Waals surface area contributed by atoms with Crippen LogP contribution in [0.25, 0.3) is 0 Å². The first kappa shape index (κ1) is 17.1. The Balaban J connectivity index is 1.61. The Morgan fingerprint density at radius 2 is 1.79 bits per heavy atom. The molecule has 0 N–H and O–H groups in total. The maximum absolute atomic E-state index is 5.95. The number of methoxy groups -OCH3 is 1. The fraction of sp³-hybridized carbons (Fsp3) is 0.278. The zero-order valence-electron chi connectivity index (χ0n) is 13.5. The van der Waals surface area contributed by atoms with Gasteiger partial charge in [0.25, 0.3) is 0 Å². The lowest BCUT2D eigenvalue weighted by atomic mass is 10.2. The van der Waals surface area contributed by atoms with Crippen LogP contribution in [0, 0.1) is 0 Å². The van der Waals surface area contributed by atoms with Gasteiger partial charge in [-0.25, -0.2) is 0 Å². The molecule has 6 heteroatoms. The molecular formula is C18H19BrClN3O. The second-order valence-electron chi connectivity index (χ2n) is 5.55. The maximum atomic E-state index is 5.95. The van der Waals surface area contributed by atoms with Gasteiger partial charge in [-0.2, -0.15) is 5.10 Å². The second kappa shape index (κ2) is 7.90. The van der Waals surface area contributed by atoms with Gasteiger partial charge >= 0.3 is 0 Å². The Morgan fingerprint density at radius 3 is 2.46 bits per heavy atom. The lowest BCUT2D eigenvalue weighted by Gasteiger charge is -2.34. The topological polar surface area (TPSA) is 28.1 Å². The van der Waals surface area contributed by atoms with Crippen molar-refractivity contribution in [3.8, 4) is 5.75 Å². The summed E-state index contributed by atoms with van der Waals surface area (Å²) >= 11 is 9.43. The number of benzene rings is 2. The zero-order chi connectivity index (χ0) is 16.9. The molecule has 1 aliphatic rings. The molecule has 0 bridgehead atoms. The molecule has 24 heavy (non-hydrogen) atoms. The maximum Gasteiger partial charge on any atom is 0.127 e. The summed E-state index contributed by atoms with van der Waals surface area (Å²) in [4.78, 5) is 2.35. The number of hydrogen-bond acceptors (Lipinski definition) is 4. The molecule has 3 rings (SSSR count). The average molecular weight is 409 g/mol. The van der Waals surface area contributed by atoms with Crippen molar-refractivity contribution in [2.75, 3.05) is 38.2 Å². The van der Waals surface area contributed by atoms with E-state index in [0.717, 1.165) is 47.0 Å². The second-order valence-corrected chi connectivity index (χ2v) is 6.90. The quantitative estimate of drug-likeness (QED) is 0.707. The third kappa shape index (κ3) is 4.22. The molecule has 0 aliphatic carbocycles. The highest BCUT2D eigenvalue weighted by molar-refractivity contribution is 9.10. The highest BCUT2D eigenvalue weighted by Crippen LogP contribution is 2.22. The Labute approximate surface area is 155 Å². The molecule has 1 saturated heterocycles. The normalized spacial score (nSPS) is 15.1. The number of hydrogen-bond donors (Lipinski definition) is 0. The molecule has 1 fully saturated rings. The summed E-state index contributed by atoms with van der Waals surface area (Å²) in [6, 6.07) is 13.9. The lowest BCUT2D eigenvalue weighted by Crippen LogP contribution is -2.44. The molecule has 2 aromatic carbocycles. The largest absolute Gasteiger partial charge is 0.496 e. The van der Waals surface area contributed by atoms with Gasteiger partial charge in [-0.05, 0) is 42.5 Å². The van der Waals surface area contributed by atoms with Crippen LogP contribution < -0.4 is 9.64 Å². The third-order valence-electron chi connectivity index (χ3n) is 4.00. The molecule has 2 aromatic rings. The van der Waals surface area contributed by atoms with Crippen LogP contribution >= 0.6 is 27.5 Å². The van der Waals surface area contributed by atoms with Crippen LogP contribution in [0.5, 0.6) is 5.75 Å². The first-order valence-electron chi connectivity index (χ1n) is 7.79. The van der Waals surface area contributed by atoms with E-state index in [1.807, 2.05) is 36.5 Å². The minimum atomic E-state index is 0.768. The van der Waals surface area contributed by atoms with Crippen molar-refractivity contribution in [3.05, 3.63) is 57.5 Å². The van der Waals surface area contributed by atoms with E-state index in [0.29, 0.717) is 0 Å². The molecule has 0 atom stereocenters. The predicted octanol–water partition coefficient (Wildman–Crippen LogP) is 4.27. The van der Waals surface area contributed by atoms with E-state index in [-0.39, 0.29) is 0 Å². The Bertz CT molecular complexity index is 713. The molecule has 1 aliphatic heterocycles. The Kier molecular flexibility index (Phi) is 5.63. The summed E-state index contributed by atoms with van der Waals surface area (Å²) < 4.78 is 6.39. The van der Waals surface area contributed by atoms with E-state index >= 15 is 0 Å². The minimum absolute atomic E-state index is 0.768. The van der Waals surface area contributed by atoms with Crippen molar-refractivity contribution in [2.45, 2.75) is 0 Å². The van der Waals surface area contributed by atoms with Gasteiger partial charge in [0, 0.05) is 33.8 Å². The molecule has 0 radical (unpaired) electrons. The smallest absolute Gasteiger partial charge is 0.127 e. The first-order chi connectivity index (χ1) is 11.7. The third-order valence-corrected chi connectivity index (χ3v) is 4.74. The van der Waals surface area contributed by atoms with Gasteiger partial charge < -0.3 is 9.64 Å². The number of halogens is 2. The number of hydrazone groups is 1. The summed E-state index contributed by atoms with van der Waals surface area (Å²) in [5, 5.41) is 7.46. The fourth-order valence-electron chi connectivity index (χ4n) is 2.67. The standard InChI is InChI=1S/C18H19BrClN3O/c1-24-18-7-2-15(19)12-14(18)13-21-23-10-8-22(9-11-23)17-5-3-16(20)4-6-17/h2-7,12-13H,8-11H2,1H3/b21-13+. The van der Waals surface area contributed by atoms with Gasteiger partial charge in [-0.3, -0.25) is 5.01 Å². The Morgan fingerprint density at radius 1 is 1.08 bits per heavy atom. The van der Waals surface area contributed by atoms with Crippen molar-refractivity contribution in [3.63, 3.8) is 0 Å². The van der Waals surface area contributed by atoms with E-state index < -0.39 is 0 Å². The highest BCUT2D eigenvalue weighted by atomic mass is 79.9. The van der Waals surface area contributed by atoms with Gasteiger partial charge in [0.2, 0.25) is 0 Å². The van der Waals surface area contributed by atoms with E-state index in [4.69, 9.17) is 16.3 Å². The van der Waals surface area contributed by atoms with Crippen molar-refractivity contribution < 1.29 is 4.74 Å². The van der Waals surface area contributed by atoms with E-state index in [1.165, 1.54) is 5.69 Å². The monoisotopic (exact) mass is 407 g/mol. The fourth-order valence-corrected chi connectivity index (χ4v) is 3.18. The van der Waals surface area contributed by atoms with Gasteiger partial charge in [0.05, 0.1) is 26.4 Å². The number of rotatable bonds is 4. The SMILES string of the molecule is COc1ccc(Br)cc1/C=N/N1CCN(c2ccc(Cl)cc2)CC1. The summed E-state index contributed by atoms with van der Waals surface area (Å²) in [6.07, 6.45) is 1.86. The first-order valence-corrected chi connectivity index (χ1v) is 8.96. The summed E-state index contributed by atoms with van der Waals surface area (Å²) in [5.41, 5.74) is 2.17. The van der Waals surface area contributed by atoms with Crippen molar-refractivity contribution in [2.24, 2.45) is 5.10 Å². The van der Waals surface area contributed by atoms with Crippen LogP contribution in [0.3, 0.4) is 0 Å². The zero-order valence-corrected chi connectivity index (χ0v) is 15.8. The molecular weight excluding hydrogens is 390 g/mol. The number of anilines is 1. The summed E-state index contributed by atoms with van der Waals surface area (Å²) in [5.74, 6) is 0.821. The van der Waals surface area contributed by atoms with Crippen molar-refractivity contribution in [1.82, 2.24) is 5.01 Å². The van der Waals surface area contributed by atoms with Gasteiger partial charge in [-0.15, -0.1) is 0 Å². The molecule has 1 heterocycles. The number of piperazine rings is 1. The van der Waals surface area contributed by atoms with E-state index in [9.17, 15) is 0 Å². The molecule has 4 nitrogen and oxygen atoms in total. The summed E-state index contributed by atoms with van der Waals surface area (Å²) in [7, 11) is 1.67. The molecule has 126 valence electrons. The van der Waals surface area contributed by atoms with Gasteiger partial charge in [0.1, 0.15) is 5.75 Å². The van der Waals surface area contributed by atoms with Gasteiger partial charge in [0.15, 0.2) is 0 Å². The Hall–Kier alpha value is -1.72. The molecule has 0 amide bonds. The molecule has 0 aromatic heterocycles. The molecule has 0 unspecified atom stereocenters. The van der Waals surface area contributed by atoms with Gasteiger partial charge in [-0.1, -0.05) is 27.5 Å². The van der Waals surface area contributed by atoms with Crippen LogP contribution in [0.2, 0.25) is 5.02 Å². The minimum Gasteiger partial charge on any atom is -0.496 e. The molecule has 0 saturated carbocycles. The number of nitrogens with zero attached hydrogens (tertiary/aromatic N) is 3. The highest BCUT2D eigenvalue weighted by Gasteiger charge is 2.15. The molecule has 0 spiro atoms.